The number of carbonyl (C=O) groups excluding carboxylic acids is 3. The van der Waals surface area contributed by atoms with Crippen LogP contribution < -0.4 is 19.1 Å². The monoisotopic (exact) mass is 542 g/mol. The van der Waals surface area contributed by atoms with Crippen LogP contribution in [0.15, 0.2) is 71.6 Å². The summed E-state index contributed by atoms with van der Waals surface area (Å²) in [7, 11) is 0.855. The highest BCUT2D eigenvalue weighted by atomic mass is 32.2. The Labute approximate surface area is 219 Å². The van der Waals surface area contributed by atoms with Crippen molar-refractivity contribution in [2.24, 2.45) is 0 Å². The Morgan fingerprint density at radius 2 is 1.39 bits per heavy atom. The number of hydrogen-bond donors (Lipinski definition) is 1. The Bertz CT molecular complexity index is 1410. The Balaban J connectivity index is 2.05. The van der Waals surface area contributed by atoms with Gasteiger partial charge in [0.05, 0.1) is 50.1 Å². The third-order valence-corrected chi connectivity index (χ3v) is 7.11. The van der Waals surface area contributed by atoms with Crippen molar-refractivity contribution in [2.45, 2.75) is 4.90 Å². The van der Waals surface area contributed by atoms with Crippen LogP contribution in [-0.2, 0) is 24.3 Å². The lowest BCUT2D eigenvalue weighted by atomic mass is 10.1. The van der Waals surface area contributed by atoms with Gasteiger partial charge in [0.1, 0.15) is 18.0 Å². The molecule has 3 rings (SSSR count). The molecule has 0 aliphatic carbocycles. The maximum Gasteiger partial charge on any atom is 0.337 e. The lowest BCUT2D eigenvalue weighted by Crippen LogP contribution is -2.38. The van der Waals surface area contributed by atoms with Crippen molar-refractivity contribution >= 4 is 39.2 Å². The molecule has 38 heavy (non-hydrogen) atoms. The second-order valence-electron chi connectivity index (χ2n) is 7.69. The van der Waals surface area contributed by atoms with Gasteiger partial charge in [-0.05, 0) is 42.5 Å². The van der Waals surface area contributed by atoms with Crippen LogP contribution in [0.25, 0.3) is 0 Å². The first-order chi connectivity index (χ1) is 18.1. The standard InChI is InChI=1S/C26H26N2O9S/c1-34-20-10-11-23(35-2)22(15-20)28(38(32,33)21-8-6-5-7-9-21)16-24(29)27-19-13-17(25(30)36-3)12-18(14-19)26(31)37-4/h5-15H,16H2,1-4H3,(H,27,29). The number of hydrogen-bond acceptors (Lipinski definition) is 9. The van der Waals surface area contributed by atoms with E-state index in [4.69, 9.17) is 18.9 Å². The van der Waals surface area contributed by atoms with Gasteiger partial charge in [-0.15, -0.1) is 0 Å². The lowest BCUT2D eigenvalue weighted by molar-refractivity contribution is -0.114. The van der Waals surface area contributed by atoms with E-state index in [2.05, 4.69) is 5.32 Å². The average molecular weight is 543 g/mol. The van der Waals surface area contributed by atoms with E-state index in [9.17, 15) is 22.8 Å². The Kier molecular flexibility index (Phi) is 8.92. The molecular formula is C26H26N2O9S. The summed E-state index contributed by atoms with van der Waals surface area (Å²) >= 11 is 0. The zero-order chi connectivity index (χ0) is 27.9. The predicted molar refractivity (Wildman–Crippen MR) is 138 cm³/mol. The van der Waals surface area contributed by atoms with E-state index in [1.807, 2.05) is 0 Å². The molecule has 0 aromatic heterocycles. The third kappa shape index (κ3) is 6.21. The molecule has 1 amide bonds. The largest absolute Gasteiger partial charge is 0.497 e. The highest BCUT2D eigenvalue weighted by Crippen LogP contribution is 2.35. The van der Waals surface area contributed by atoms with Crippen molar-refractivity contribution in [1.82, 2.24) is 0 Å². The molecule has 0 radical (unpaired) electrons. The first-order valence-electron chi connectivity index (χ1n) is 11.1. The highest BCUT2D eigenvalue weighted by molar-refractivity contribution is 7.92. The summed E-state index contributed by atoms with van der Waals surface area (Å²) in [6.45, 7) is -0.684. The number of anilines is 2. The smallest absolute Gasteiger partial charge is 0.337 e. The molecule has 0 unspecified atom stereocenters. The van der Waals surface area contributed by atoms with Crippen molar-refractivity contribution in [2.75, 3.05) is 44.6 Å². The van der Waals surface area contributed by atoms with Gasteiger partial charge in [-0.3, -0.25) is 9.10 Å². The number of nitrogens with zero attached hydrogens (tertiary/aromatic N) is 1. The van der Waals surface area contributed by atoms with Gasteiger partial charge in [0.25, 0.3) is 10.0 Å². The van der Waals surface area contributed by atoms with Crippen LogP contribution >= 0.6 is 0 Å². The first kappa shape index (κ1) is 28.0. The zero-order valence-corrected chi connectivity index (χ0v) is 21.9. The van der Waals surface area contributed by atoms with Crippen LogP contribution in [0.5, 0.6) is 11.5 Å². The minimum Gasteiger partial charge on any atom is -0.497 e. The molecule has 0 atom stereocenters. The van der Waals surface area contributed by atoms with Crippen LogP contribution in [0.3, 0.4) is 0 Å². The molecule has 0 spiro atoms. The lowest BCUT2D eigenvalue weighted by Gasteiger charge is -2.26. The van der Waals surface area contributed by atoms with Gasteiger partial charge in [0.2, 0.25) is 5.91 Å². The van der Waals surface area contributed by atoms with Crippen LogP contribution in [0.1, 0.15) is 20.7 Å². The van der Waals surface area contributed by atoms with E-state index in [0.717, 1.165) is 4.31 Å². The molecule has 0 bridgehead atoms. The molecule has 0 fully saturated rings. The van der Waals surface area contributed by atoms with Crippen molar-refractivity contribution in [3.05, 3.63) is 77.9 Å². The minimum absolute atomic E-state index is 0.0195. The van der Waals surface area contributed by atoms with Crippen LogP contribution in [0, 0.1) is 0 Å². The molecule has 0 aliphatic rings. The number of sulfonamides is 1. The van der Waals surface area contributed by atoms with Gasteiger partial charge in [-0.2, -0.15) is 0 Å². The topological polar surface area (TPSA) is 138 Å². The minimum atomic E-state index is -4.26. The molecule has 0 saturated carbocycles. The fourth-order valence-corrected chi connectivity index (χ4v) is 4.96. The van der Waals surface area contributed by atoms with Gasteiger partial charge in [-0.1, -0.05) is 18.2 Å². The molecule has 0 heterocycles. The SMILES string of the molecule is COC(=O)c1cc(NC(=O)CN(c2cc(OC)ccc2OC)S(=O)(=O)c2ccccc2)cc(C(=O)OC)c1. The van der Waals surface area contributed by atoms with Crippen LogP contribution in [0.2, 0.25) is 0 Å². The van der Waals surface area contributed by atoms with Gasteiger partial charge in [0, 0.05) is 11.8 Å². The number of rotatable bonds is 10. The predicted octanol–water partition coefficient (Wildman–Crippen LogP) is 3.11. The van der Waals surface area contributed by atoms with Crippen molar-refractivity contribution in [3.63, 3.8) is 0 Å². The summed E-state index contributed by atoms with van der Waals surface area (Å²) in [6, 6.07) is 15.9. The number of benzene rings is 3. The fourth-order valence-electron chi connectivity index (χ4n) is 3.51. The molecule has 3 aromatic rings. The Morgan fingerprint density at radius 1 is 0.789 bits per heavy atom. The molecule has 11 nitrogen and oxygen atoms in total. The number of amides is 1. The average Bonchev–Trinajstić information content (AvgIpc) is 2.94. The van der Waals surface area contributed by atoms with Crippen LogP contribution in [0.4, 0.5) is 11.4 Å². The van der Waals surface area contributed by atoms with Gasteiger partial charge < -0.3 is 24.3 Å². The number of nitrogens with one attached hydrogen (secondary N) is 1. The number of esters is 2. The maximum absolute atomic E-state index is 13.7. The summed E-state index contributed by atoms with van der Waals surface area (Å²) in [5.74, 6) is -1.75. The molecule has 200 valence electrons. The zero-order valence-electron chi connectivity index (χ0n) is 21.1. The maximum atomic E-state index is 13.7. The first-order valence-corrected chi connectivity index (χ1v) is 12.5. The second kappa shape index (κ2) is 12.1. The Hall–Kier alpha value is -4.58. The quantitative estimate of drug-likeness (QED) is 0.383. The number of methoxy groups -OCH3 is 4. The van der Waals surface area contributed by atoms with Crippen LogP contribution in [-0.4, -0.2) is 61.2 Å². The fraction of sp³-hybridized carbons (Fsp3) is 0.192. The molecule has 12 heteroatoms. The summed E-state index contributed by atoms with van der Waals surface area (Å²) < 4.78 is 48.3. The number of carbonyl (C=O) groups is 3. The summed E-state index contributed by atoms with van der Waals surface area (Å²) in [5.41, 5.74) is 0.0697. The molecular weight excluding hydrogens is 516 g/mol. The summed E-state index contributed by atoms with van der Waals surface area (Å²) in [5, 5.41) is 2.54. The second-order valence-corrected chi connectivity index (χ2v) is 9.56. The number of ether oxygens (including phenoxy) is 4. The summed E-state index contributed by atoms with van der Waals surface area (Å²) in [6.07, 6.45) is 0. The van der Waals surface area contributed by atoms with Gasteiger partial charge in [-0.25, -0.2) is 18.0 Å². The molecule has 1 N–H and O–H groups in total. The van der Waals surface area contributed by atoms with Crippen molar-refractivity contribution < 1.29 is 41.7 Å². The van der Waals surface area contributed by atoms with Crippen molar-refractivity contribution in [3.8, 4) is 11.5 Å². The van der Waals surface area contributed by atoms with E-state index in [-0.39, 0.29) is 33.1 Å². The van der Waals surface area contributed by atoms with Gasteiger partial charge >= 0.3 is 11.9 Å². The normalized spacial score (nSPS) is 10.7. The molecule has 0 saturated heterocycles. The van der Waals surface area contributed by atoms with E-state index in [1.54, 1.807) is 24.3 Å². The van der Waals surface area contributed by atoms with E-state index < -0.39 is 34.4 Å². The highest BCUT2D eigenvalue weighted by Gasteiger charge is 2.30. The third-order valence-electron chi connectivity index (χ3n) is 5.33. The van der Waals surface area contributed by atoms with Gasteiger partial charge in [0.15, 0.2) is 0 Å². The molecule has 3 aromatic carbocycles. The van der Waals surface area contributed by atoms with Crippen molar-refractivity contribution in [1.29, 1.82) is 0 Å². The molecule has 0 aliphatic heterocycles. The van der Waals surface area contributed by atoms with E-state index in [1.165, 1.54) is 70.9 Å². The summed E-state index contributed by atoms with van der Waals surface area (Å²) in [4.78, 5) is 37.3. The Morgan fingerprint density at radius 3 is 1.92 bits per heavy atom. The van der Waals surface area contributed by atoms with E-state index in [0.29, 0.717) is 5.75 Å². The van der Waals surface area contributed by atoms with E-state index >= 15 is 0 Å².